The minimum atomic E-state index is -0.685. The van der Waals surface area contributed by atoms with Crippen molar-refractivity contribution in [2.24, 2.45) is 5.92 Å². The first-order valence-electron chi connectivity index (χ1n) is 10.5. The van der Waals surface area contributed by atoms with Crippen molar-refractivity contribution in [3.63, 3.8) is 0 Å². The zero-order chi connectivity index (χ0) is 22.3. The van der Waals surface area contributed by atoms with Crippen molar-refractivity contribution in [2.45, 2.75) is 65.0 Å². The normalized spacial score (nSPS) is 16.0. The number of nitrogens with zero attached hydrogens (tertiary/aromatic N) is 1. The van der Waals surface area contributed by atoms with Crippen LogP contribution in [0.4, 0.5) is 4.79 Å². The Morgan fingerprint density at radius 1 is 1.20 bits per heavy atom. The van der Waals surface area contributed by atoms with Gasteiger partial charge in [0.05, 0.1) is 12.7 Å². The van der Waals surface area contributed by atoms with Crippen molar-refractivity contribution in [3.8, 4) is 0 Å². The minimum absolute atomic E-state index is 0.0862. The molecule has 30 heavy (non-hydrogen) atoms. The van der Waals surface area contributed by atoms with Crippen molar-refractivity contribution in [1.29, 1.82) is 0 Å². The Morgan fingerprint density at radius 2 is 1.87 bits per heavy atom. The molecule has 1 aliphatic heterocycles. The lowest BCUT2D eigenvalue weighted by Crippen LogP contribution is -2.51. The summed E-state index contributed by atoms with van der Waals surface area (Å²) in [5.41, 5.74) is 0.713. The molecular formula is C23H34N2O5. The molecule has 1 saturated heterocycles. The van der Waals surface area contributed by atoms with Crippen LogP contribution in [0.25, 0.3) is 0 Å². The quantitative estimate of drug-likeness (QED) is 0.714. The molecule has 1 aliphatic rings. The zero-order valence-electron chi connectivity index (χ0n) is 18.7. The number of aryl methyl sites for hydroxylation is 1. The highest BCUT2D eigenvalue weighted by molar-refractivity contribution is 5.89. The molecule has 1 atom stereocenters. The number of rotatable bonds is 6. The van der Waals surface area contributed by atoms with Crippen molar-refractivity contribution in [2.75, 3.05) is 20.2 Å². The number of ether oxygens (including phenoxy) is 2. The van der Waals surface area contributed by atoms with E-state index in [1.807, 2.05) is 11.0 Å². The molecule has 0 aliphatic carbocycles. The highest BCUT2D eigenvalue weighted by atomic mass is 16.6. The first kappa shape index (κ1) is 23.7. The van der Waals surface area contributed by atoms with E-state index in [2.05, 4.69) is 12.2 Å². The van der Waals surface area contributed by atoms with Gasteiger partial charge in [-0.2, -0.15) is 0 Å². The lowest BCUT2D eigenvalue weighted by Gasteiger charge is -2.33. The van der Waals surface area contributed by atoms with Crippen LogP contribution in [0, 0.1) is 5.92 Å². The molecule has 2 amide bonds. The fourth-order valence-electron chi connectivity index (χ4n) is 3.44. The first-order chi connectivity index (χ1) is 14.1. The Morgan fingerprint density at radius 3 is 2.47 bits per heavy atom. The standard InChI is InChI=1S/C23H34N2O5/c1-16-11-13-25(14-12-16)20(26)19(24-22(28)30-23(2,3)4)10-9-17-7-6-8-18(15-17)21(27)29-5/h6-8,15-16,19H,9-14H2,1-5H3,(H,24,28). The summed E-state index contributed by atoms with van der Waals surface area (Å²) in [4.78, 5) is 39.1. The van der Waals surface area contributed by atoms with Gasteiger partial charge in [0.2, 0.25) is 5.91 Å². The Bertz CT molecular complexity index is 748. The number of hydrogen-bond donors (Lipinski definition) is 1. The topological polar surface area (TPSA) is 84.9 Å². The van der Waals surface area contributed by atoms with Crippen LogP contribution in [-0.4, -0.2) is 54.7 Å². The predicted octanol–water partition coefficient (Wildman–Crippen LogP) is 3.56. The van der Waals surface area contributed by atoms with E-state index < -0.39 is 23.7 Å². The van der Waals surface area contributed by atoms with Crippen molar-refractivity contribution >= 4 is 18.0 Å². The fourth-order valence-corrected chi connectivity index (χ4v) is 3.44. The second-order valence-electron chi connectivity index (χ2n) is 8.94. The van der Waals surface area contributed by atoms with E-state index in [0.29, 0.717) is 37.4 Å². The van der Waals surface area contributed by atoms with E-state index >= 15 is 0 Å². The Kier molecular flexibility index (Phi) is 8.26. The highest BCUT2D eigenvalue weighted by Crippen LogP contribution is 2.18. The summed E-state index contributed by atoms with van der Waals surface area (Å²) in [5.74, 6) is 0.114. The summed E-state index contributed by atoms with van der Waals surface area (Å²) >= 11 is 0. The molecule has 1 aromatic rings. The average Bonchev–Trinajstić information content (AvgIpc) is 2.69. The van der Waals surface area contributed by atoms with Crippen LogP contribution in [0.2, 0.25) is 0 Å². The number of methoxy groups -OCH3 is 1. The van der Waals surface area contributed by atoms with Gasteiger partial charge in [0.1, 0.15) is 11.6 Å². The van der Waals surface area contributed by atoms with Crippen LogP contribution in [0.1, 0.15) is 62.9 Å². The lowest BCUT2D eigenvalue weighted by atomic mass is 9.97. The molecule has 1 fully saturated rings. The molecular weight excluding hydrogens is 384 g/mol. The van der Waals surface area contributed by atoms with E-state index in [1.165, 1.54) is 7.11 Å². The number of esters is 1. The third kappa shape index (κ3) is 7.35. The van der Waals surface area contributed by atoms with Gasteiger partial charge in [0.25, 0.3) is 0 Å². The van der Waals surface area contributed by atoms with E-state index in [4.69, 9.17) is 9.47 Å². The van der Waals surface area contributed by atoms with Gasteiger partial charge >= 0.3 is 12.1 Å². The summed E-state index contributed by atoms with van der Waals surface area (Å²) < 4.78 is 10.1. The summed E-state index contributed by atoms with van der Waals surface area (Å²) in [5, 5.41) is 2.76. The molecule has 0 bridgehead atoms. The van der Waals surface area contributed by atoms with Crippen molar-refractivity contribution in [3.05, 3.63) is 35.4 Å². The zero-order valence-corrected chi connectivity index (χ0v) is 18.7. The van der Waals surface area contributed by atoms with Gasteiger partial charge in [0.15, 0.2) is 0 Å². The molecule has 0 radical (unpaired) electrons. The molecule has 7 nitrogen and oxygen atoms in total. The Balaban J connectivity index is 2.09. The largest absolute Gasteiger partial charge is 0.465 e. The van der Waals surface area contributed by atoms with Gasteiger partial charge in [0, 0.05) is 13.1 Å². The summed E-state index contributed by atoms with van der Waals surface area (Å²) in [6.07, 6.45) is 2.27. The summed E-state index contributed by atoms with van der Waals surface area (Å²) in [6, 6.07) is 6.43. The molecule has 1 aromatic carbocycles. The van der Waals surface area contributed by atoms with E-state index in [0.717, 1.165) is 18.4 Å². The second kappa shape index (κ2) is 10.5. The SMILES string of the molecule is COC(=O)c1cccc(CCC(NC(=O)OC(C)(C)C)C(=O)N2CCC(C)CC2)c1. The third-order valence-corrected chi connectivity index (χ3v) is 5.15. The summed E-state index contributed by atoms with van der Waals surface area (Å²) in [6.45, 7) is 8.94. The molecule has 0 saturated carbocycles. The van der Waals surface area contributed by atoms with Gasteiger partial charge < -0.3 is 19.7 Å². The van der Waals surface area contributed by atoms with Gasteiger partial charge in [-0.25, -0.2) is 9.59 Å². The van der Waals surface area contributed by atoms with Crippen LogP contribution in [-0.2, 0) is 20.7 Å². The second-order valence-corrected chi connectivity index (χ2v) is 8.94. The molecule has 0 aromatic heterocycles. The number of carbonyl (C=O) groups is 3. The van der Waals surface area contributed by atoms with E-state index in [-0.39, 0.29) is 5.91 Å². The maximum atomic E-state index is 13.1. The average molecular weight is 419 g/mol. The third-order valence-electron chi connectivity index (χ3n) is 5.15. The number of piperidine rings is 1. The molecule has 1 unspecified atom stereocenters. The molecule has 1 N–H and O–H groups in total. The molecule has 0 spiro atoms. The van der Waals surface area contributed by atoms with E-state index in [9.17, 15) is 14.4 Å². The number of alkyl carbamates (subject to hydrolysis) is 1. The predicted molar refractivity (Wildman–Crippen MR) is 114 cm³/mol. The lowest BCUT2D eigenvalue weighted by molar-refractivity contribution is -0.135. The monoisotopic (exact) mass is 418 g/mol. The number of nitrogens with one attached hydrogen (secondary N) is 1. The molecule has 1 heterocycles. The van der Waals surface area contributed by atoms with Crippen LogP contribution < -0.4 is 5.32 Å². The number of amides is 2. The number of likely N-dealkylation sites (tertiary alicyclic amines) is 1. The minimum Gasteiger partial charge on any atom is -0.465 e. The number of hydrogen-bond acceptors (Lipinski definition) is 5. The Labute approximate surface area is 179 Å². The maximum absolute atomic E-state index is 13.1. The molecule has 7 heteroatoms. The maximum Gasteiger partial charge on any atom is 0.408 e. The summed E-state index contributed by atoms with van der Waals surface area (Å²) in [7, 11) is 1.34. The Hall–Kier alpha value is -2.57. The van der Waals surface area contributed by atoms with Gasteiger partial charge in [-0.15, -0.1) is 0 Å². The van der Waals surface area contributed by atoms with Gasteiger partial charge in [-0.05, 0) is 70.1 Å². The van der Waals surface area contributed by atoms with Crippen molar-refractivity contribution < 1.29 is 23.9 Å². The van der Waals surface area contributed by atoms with Crippen LogP contribution >= 0.6 is 0 Å². The van der Waals surface area contributed by atoms with Crippen LogP contribution in [0.15, 0.2) is 24.3 Å². The fraction of sp³-hybridized carbons (Fsp3) is 0.609. The van der Waals surface area contributed by atoms with Crippen molar-refractivity contribution in [1.82, 2.24) is 10.2 Å². The number of carbonyl (C=O) groups excluding carboxylic acids is 3. The van der Waals surface area contributed by atoms with Gasteiger partial charge in [-0.3, -0.25) is 4.79 Å². The van der Waals surface area contributed by atoms with E-state index in [1.54, 1.807) is 39.0 Å². The number of benzene rings is 1. The first-order valence-corrected chi connectivity index (χ1v) is 10.5. The van der Waals surface area contributed by atoms with Crippen LogP contribution in [0.3, 0.4) is 0 Å². The van der Waals surface area contributed by atoms with Gasteiger partial charge in [-0.1, -0.05) is 19.1 Å². The molecule has 2 rings (SSSR count). The molecule has 166 valence electrons. The smallest absolute Gasteiger partial charge is 0.408 e. The highest BCUT2D eigenvalue weighted by Gasteiger charge is 2.29. The van der Waals surface area contributed by atoms with Crippen LogP contribution in [0.5, 0.6) is 0 Å².